The molecule has 0 radical (unpaired) electrons. The molecule has 0 aliphatic heterocycles. The second-order valence-electron chi connectivity index (χ2n) is 35.2. The lowest BCUT2D eigenvalue weighted by molar-refractivity contribution is 1.50. The standard InChI is InChI=1S/C57H117ClSi13/c1-40-43(59(4,5)6)49(62(13,14)15)55(68(31,32)33)52(65(22,23)24)46(40)71(58,47-41(2)44(60(7,8)9)50(63(16,17)18)56(69(34,35)36)53(47)66(25,26)27)48-42(3)45(61(10,11)12)51(64(19,20)21)57(70(37,38)39)54(48)67(28,29)30/h1-39H3. The van der Waals surface area contributed by atoms with Crippen LogP contribution in [-0.2, 0) is 0 Å². The van der Waals surface area contributed by atoms with Gasteiger partial charge in [0.1, 0.15) is 0 Å². The third kappa shape index (κ3) is 12.6. The van der Waals surface area contributed by atoms with Crippen molar-refractivity contribution in [1.82, 2.24) is 0 Å². The fraction of sp³-hybridized carbons (Fsp3) is 0.684. The molecule has 0 bridgehead atoms. The van der Waals surface area contributed by atoms with E-state index >= 15 is 0 Å². The zero-order valence-electron chi connectivity index (χ0n) is 54.9. The summed E-state index contributed by atoms with van der Waals surface area (Å²) >= 11 is 10.5. The molecule has 0 atom stereocenters. The summed E-state index contributed by atoms with van der Waals surface area (Å²) in [6.45, 7) is 106. The maximum absolute atomic E-state index is 10.5. The van der Waals surface area contributed by atoms with Gasteiger partial charge < -0.3 is 0 Å². The molecule has 0 aromatic heterocycles. The van der Waals surface area contributed by atoms with Gasteiger partial charge in [-0.1, -0.05) is 315 Å². The highest BCUT2D eigenvalue weighted by atomic mass is 35.6. The largest absolute Gasteiger partial charge is 0.248 e. The monoisotopic (exact) mass is 1200 g/mol. The summed E-state index contributed by atoms with van der Waals surface area (Å²) in [5.74, 6) is 0. The van der Waals surface area contributed by atoms with E-state index in [2.05, 4.69) is 256 Å². The summed E-state index contributed by atoms with van der Waals surface area (Å²) in [5.41, 5.74) is 4.96. The Morgan fingerprint density at radius 2 is 0.239 bits per heavy atom. The van der Waals surface area contributed by atoms with E-state index in [-0.39, 0.29) is 0 Å². The van der Waals surface area contributed by atoms with E-state index in [0.717, 1.165) is 0 Å². The number of hydrogen-bond donors (Lipinski definition) is 0. The van der Waals surface area contributed by atoms with Crippen LogP contribution in [0.3, 0.4) is 0 Å². The first-order valence-corrected chi connectivity index (χ1v) is 73.0. The SMILES string of the molecule is Cc1c([Si](C)(C)C)c([Si](C)(C)C)c([Si](C)(C)C)c([Si](C)(C)C)c1[Si](Cl)(c1c(C)c([Si](C)(C)C)c([Si](C)(C)C)c([Si](C)(C)C)c1[Si](C)(C)C)c1c(C)c([Si](C)(C)C)c([Si](C)(C)C)c([Si](C)(C)C)c1[Si](C)(C)C. The molecule has 0 amide bonds. The summed E-state index contributed by atoms with van der Waals surface area (Å²) in [4.78, 5) is 0. The molecule has 14 heteroatoms. The van der Waals surface area contributed by atoms with Crippen LogP contribution in [0.5, 0.6) is 0 Å². The van der Waals surface area contributed by atoms with Crippen LogP contribution < -0.4 is 77.8 Å². The summed E-state index contributed by atoms with van der Waals surface area (Å²) in [7, 11) is -28.0. The molecule has 0 fully saturated rings. The van der Waals surface area contributed by atoms with Gasteiger partial charge in [0.25, 0.3) is 0 Å². The van der Waals surface area contributed by atoms with Crippen LogP contribution in [0.15, 0.2) is 0 Å². The zero-order chi connectivity index (χ0) is 56.9. The van der Waals surface area contributed by atoms with Gasteiger partial charge in [-0.25, -0.2) is 0 Å². The first kappa shape index (κ1) is 66.1. The highest BCUT2D eigenvalue weighted by Crippen LogP contribution is 2.26. The Morgan fingerprint density at radius 1 is 0.155 bits per heavy atom. The molecule has 0 N–H and O–H groups in total. The molecule has 3 aromatic carbocycles. The van der Waals surface area contributed by atoms with Crippen LogP contribution in [0.1, 0.15) is 16.7 Å². The molecule has 404 valence electrons. The van der Waals surface area contributed by atoms with Crippen LogP contribution in [-0.4, -0.2) is 104 Å². The van der Waals surface area contributed by atoms with E-state index in [4.69, 9.17) is 0 Å². The summed E-state index contributed by atoms with van der Waals surface area (Å²) < 4.78 is 0. The van der Waals surface area contributed by atoms with Crippen molar-refractivity contribution in [2.24, 2.45) is 0 Å². The van der Waals surface area contributed by atoms with Gasteiger partial charge in [0.05, 0.1) is 96.9 Å². The van der Waals surface area contributed by atoms with E-state index < -0.39 is 104 Å². The highest BCUT2D eigenvalue weighted by molar-refractivity contribution is 7.44. The van der Waals surface area contributed by atoms with Crippen molar-refractivity contribution >= 4 is 193 Å². The predicted octanol–water partition coefficient (Wildman–Crippen LogP) is 10.4. The molecule has 0 aliphatic rings. The van der Waals surface area contributed by atoms with Crippen LogP contribution in [0.2, 0.25) is 236 Å². The van der Waals surface area contributed by atoms with E-state index in [1.54, 1.807) is 32.3 Å². The lowest BCUT2D eigenvalue weighted by atomic mass is 10.2. The van der Waals surface area contributed by atoms with Gasteiger partial charge in [-0.2, -0.15) is 0 Å². The molecular weight excluding hydrogens is 1090 g/mol. The Hall–Kier alpha value is 0.769. The molecule has 0 unspecified atom stereocenters. The Kier molecular flexibility index (Phi) is 18.2. The highest BCUT2D eigenvalue weighted by Gasteiger charge is 2.57. The number of hydrogen-bond acceptors (Lipinski definition) is 0. The lowest BCUT2D eigenvalue weighted by Crippen LogP contribution is -2.89. The van der Waals surface area contributed by atoms with Crippen LogP contribution in [0.4, 0.5) is 0 Å². The minimum Gasteiger partial charge on any atom is -0.149 e. The first-order valence-electron chi connectivity index (χ1n) is 27.9. The number of benzene rings is 3. The van der Waals surface area contributed by atoms with E-state index in [0.29, 0.717) is 0 Å². The molecule has 3 aromatic rings. The van der Waals surface area contributed by atoms with Crippen molar-refractivity contribution < 1.29 is 0 Å². The predicted molar refractivity (Wildman–Crippen MR) is 380 cm³/mol. The van der Waals surface area contributed by atoms with Crippen molar-refractivity contribution in [2.45, 2.75) is 256 Å². The topological polar surface area (TPSA) is 0 Å². The van der Waals surface area contributed by atoms with Crippen LogP contribution in [0.25, 0.3) is 0 Å². The van der Waals surface area contributed by atoms with Crippen molar-refractivity contribution in [3.05, 3.63) is 16.7 Å². The van der Waals surface area contributed by atoms with Gasteiger partial charge in [0, 0.05) is 0 Å². The van der Waals surface area contributed by atoms with Gasteiger partial charge in [-0.15, -0.1) is 11.1 Å². The van der Waals surface area contributed by atoms with Crippen molar-refractivity contribution in [1.29, 1.82) is 0 Å². The Labute approximate surface area is 462 Å². The van der Waals surface area contributed by atoms with Gasteiger partial charge in [-0.05, 0) is 36.3 Å². The number of halogens is 1. The smallest absolute Gasteiger partial charge is 0.149 e. The molecule has 0 spiro atoms. The Morgan fingerprint density at radius 3 is 0.338 bits per heavy atom. The zero-order valence-corrected chi connectivity index (χ0v) is 68.6. The maximum atomic E-state index is 10.5. The third-order valence-electron chi connectivity index (χ3n) is 15.3. The van der Waals surface area contributed by atoms with Gasteiger partial charge in [0.15, 0.2) is 0 Å². The van der Waals surface area contributed by atoms with E-state index in [1.807, 2.05) is 62.2 Å². The molecule has 3 rings (SSSR count). The normalized spacial score (nSPS) is 15.0. The van der Waals surface area contributed by atoms with Crippen LogP contribution >= 0.6 is 11.1 Å². The Balaban J connectivity index is 3.72. The maximum Gasteiger partial charge on any atom is 0.248 e. The molecule has 0 saturated heterocycles. The third-order valence-corrected chi connectivity index (χ3v) is 48.3. The molecule has 0 saturated carbocycles. The fourth-order valence-electron chi connectivity index (χ4n) is 13.9. The molecule has 0 aliphatic carbocycles. The Bertz CT molecular complexity index is 2270. The molecule has 0 heterocycles. The van der Waals surface area contributed by atoms with Crippen LogP contribution in [0, 0.1) is 20.8 Å². The molecule has 0 nitrogen and oxygen atoms in total. The summed E-state index contributed by atoms with van der Waals surface area (Å²) in [5, 5.41) is 27.3. The quantitative estimate of drug-likeness (QED) is 0.0809. The van der Waals surface area contributed by atoms with E-state index in [9.17, 15) is 11.1 Å². The fourth-order valence-corrected chi connectivity index (χ4v) is 70.1. The van der Waals surface area contributed by atoms with E-state index in [1.165, 1.54) is 0 Å². The second kappa shape index (κ2) is 19.5. The van der Waals surface area contributed by atoms with Gasteiger partial charge in [0.2, 0.25) is 7.38 Å². The first-order chi connectivity index (χ1) is 30.6. The molecule has 71 heavy (non-hydrogen) atoms. The lowest BCUT2D eigenvalue weighted by Gasteiger charge is -2.50. The minimum atomic E-state index is -3.63. The minimum absolute atomic E-state index is 1.65. The van der Waals surface area contributed by atoms with Gasteiger partial charge in [-0.3, -0.25) is 0 Å². The van der Waals surface area contributed by atoms with Crippen molar-refractivity contribution in [2.75, 3.05) is 0 Å². The van der Waals surface area contributed by atoms with Gasteiger partial charge >= 0.3 is 0 Å². The van der Waals surface area contributed by atoms with Crippen molar-refractivity contribution in [3.8, 4) is 0 Å². The summed E-state index contributed by atoms with van der Waals surface area (Å²) in [6, 6.07) is 0. The van der Waals surface area contributed by atoms with Crippen molar-refractivity contribution in [3.63, 3.8) is 0 Å². The second-order valence-corrected chi connectivity index (χ2v) is 99.7. The molecular formula is C57H117ClSi13. The number of rotatable bonds is 15. The average molecular weight is 1200 g/mol. The average Bonchev–Trinajstić information content (AvgIpc) is 3.03. The summed E-state index contributed by atoms with van der Waals surface area (Å²) in [6.07, 6.45) is 0.